The van der Waals surface area contributed by atoms with Crippen molar-refractivity contribution >= 4 is 33.2 Å². The molecule has 1 N–H and O–H groups in total. The number of rotatable bonds is 6. The zero-order chi connectivity index (χ0) is 12.1. The van der Waals surface area contributed by atoms with Crippen LogP contribution in [0.4, 0.5) is 0 Å². The van der Waals surface area contributed by atoms with Gasteiger partial charge in [-0.15, -0.1) is 11.3 Å². The van der Waals surface area contributed by atoms with Crippen LogP contribution in [-0.2, 0) is 11.2 Å². The highest BCUT2D eigenvalue weighted by atomic mass is 79.9. The molecule has 0 amide bonds. The zero-order valence-electron chi connectivity index (χ0n) is 9.44. The molecule has 0 aliphatic carbocycles. The van der Waals surface area contributed by atoms with Crippen LogP contribution in [-0.4, -0.2) is 35.6 Å². The fourth-order valence-corrected chi connectivity index (χ4v) is 2.87. The molecule has 0 aromatic carbocycles. The maximum atomic E-state index is 10.6. The molecule has 0 fully saturated rings. The molecule has 1 atom stereocenters. The van der Waals surface area contributed by atoms with Gasteiger partial charge in [-0.1, -0.05) is 0 Å². The lowest BCUT2D eigenvalue weighted by Gasteiger charge is -2.22. The molecule has 3 nitrogen and oxygen atoms in total. The Bertz CT molecular complexity index is 354. The molecule has 1 aromatic rings. The van der Waals surface area contributed by atoms with E-state index in [0.29, 0.717) is 0 Å². The summed E-state index contributed by atoms with van der Waals surface area (Å²) in [6.45, 7) is 2.83. The quantitative estimate of drug-likeness (QED) is 0.878. The summed E-state index contributed by atoms with van der Waals surface area (Å²) in [5, 5.41) is 8.69. The normalized spacial score (nSPS) is 13.0. The fraction of sp³-hybridized carbons (Fsp3) is 0.545. The molecule has 1 aromatic heterocycles. The molecule has 5 heteroatoms. The van der Waals surface area contributed by atoms with Crippen LogP contribution in [0.3, 0.4) is 0 Å². The highest BCUT2D eigenvalue weighted by Gasteiger charge is 2.12. The van der Waals surface area contributed by atoms with E-state index in [1.807, 2.05) is 20.0 Å². The minimum Gasteiger partial charge on any atom is -0.481 e. The van der Waals surface area contributed by atoms with Gasteiger partial charge in [0.2, 0.25) is 0 Å². The summed E-state index contributed by atoms with van der Waals surface area (Å²) in [6.07, 6.45) is 1.17. The van der Waals surface area contributed by atoms with Crippen LogP contribution in [0, 0.1) is 0 Å². The van der Waals surface area contributed by atoms with E-state index in [2.05, 4.69) is 26.9 Å². The number of halogens is 1. The van der Waals surface area contributed by atoms with Crippen molar-refractivity contribution in [3.05, 3.63) is 20.8 Å². The Hall–Kier alpha value is -0.390. The lowest BCUT2D eigenvalue weighted by molar-refractivity contribution is -0.138. The highest BCUT2D eigenvalue weighted by molar-refractivity contribution is 9.11. The van der Waals surface area contributed by atoms with Crippen molar-refractivity contribution in [2.45, 2.75) is 25.8 Å². The van der Waals surface area contributed by atoms with Crippen LogP contribution in [0.1, 0.15) is 18.2 Å². The first-order valence-electron chi connectivity index (χ1n) is 5.15. The first-order chi connectivity index (χ1) is 7.49. The van der Waals surface area contributed by atoms with Crippen LogP contribution in [0.2, 0.25) is 0 Å². The SMILES string of the molecule is CC(CC(=O)O)N(C)CCc1ccc(Br)s1. The Morgan fingerprint density at radius 3 is 2.81 bits per heavy atom. The van der Waals surface area contributed by atoms with Crippen molar-refractivity contribution in [3.8, 4) is 0 Å². The van der Waals surface area contributed by atoms with Gasteiger partial charge in [0, 0.05) is 17.5 Å². The van der Waals surface area contributed by atoms with Crippen molar-refractivity contribution in [2.75, 3.05) is 13.6 Å². The molecule has 1 heterocycles. The van der Waals surface area contributed by atoms with Gasteiger partial charge in [0.25, 0.3) is 0 Å². The minimum atomic E-state index is -0.738. The Kier molecular flexibility index (Phi) is 5.44. The monoisotopic (exact) mass is 305 g/mol. The summed E-state index contributed by atoms with van der Waals surface area (Å²) in [5.41, 5.74) is 0. The van der Waals surface area contributed by atoms with Crippen molar-refractivity contribution in [3.63, 3.8) is 0 Å². The first kappa shape index (κ1) is 13.7. The Morgan fingerprint density at radius 1 is 1.62 bits per heavy atom. The third kappa shape index (κ3) is 4.63. The van der Waals surface area contributed by atoms with Gasteiger partial charge >= 0.3 is 5.97 Å². The van der Waals surface area contributed by atoms with E-state index in [4.69, 9.17) is 5.11 Å². The number of carboxylic acids is 1. The summed E-state index contributed by atoms with van der Waals surface area (Å²) in [5.74, 6) is -0.738. The van der Waals surface area contributed by atoms with E-state index in [1.54, 1.807) is 11.3 Å². The van der Waals surface area contributed by atoms with Crippen molar-refractivity contribution in [1.82, 2.24) is 4.90 Å². The number of carbonyl (C=O) groups is 1. The Labute approximate surface area is 108 Å². The average molecular weight is 306 g/mol. The van der Waals surface area contributed by atoms with Crippen molar-refractivity contribution in [2.24, 2.45) is 0 Å². The molecule has 16 heavy (non-hydrogen) atoms. The summed E-state index contributed by atoms with van der Waals surface area (Å²) in [4.78, 5) is 14.0. The molecule has 0 bridgehead atoms. The number of carboxylic acid groups (broad SMARTS) is 1. The third-order valence-corrected chi connectivity index (χ3v) is 4.25. The smallest absolute Gasteiger partial charge is 0.304 e. The Balaban J connectivity index is 2.34. The molecule has 0 aliphatic rings. The van der Waals surface area contributed by atoms with Crippen LogP contribution in [0.5, 0.6) is 0 Å². The molecule has 90 valence electrons. The number of aliphatic carboxylic acids is 1. The van der Waals surface area contributed by atoms with Gasteiger partial charge in [-0.05, 0) is 48.5 Å². The largest absolute Gasteiger partial charge is 0.481 e. The van der Waals surface area contributed by atoms with Gasteiger partial charge in [-0.25, -0.2) is 0 Å². The molecule has 0 spiro atoms. The summed E-state index contributed by atoms with van der Waals surface area (Å²) in [7, 11) is 1.97. The second kappa shape index (κ2) is 6.37. The van der Waals surface area contributed by atoms with E-state index >= 15 is 0 Å². The third-order valence-electron chi connectivity index (χ3n) is 2.56. The number of hydrogen-bond donors (Lipinski definition) is 1. The summed E-state index contributed by atoms with van der Waals surface area (Å²) < 4.78 is 1.14. The second-order valence-corrected chi connectivity index (χ2v) is 6.43. The highest BCUT2D eigenvalue weighted by Crippen LogP contribution is 2.22. The van der Waals surface area contributed by atoms with Crippen LogP contribution < -0.4 is 0 Å². The van der Waals surface area contributed by atoms with E-state index in [1.165, 1.54) is 4.88 Å². The summed E-state index contributed by atoms with van der Waals surface area (Å²) >= 11 is 5.16. The predicted octanol–water partition coefficient (Wildman–Crippen LogP) is 2.85. The molecular weight excluding hydrogens is 290 g/mol. The molecule has 0 saturated heterocycles. The molecule has 0 saturated carbocycles. The first-order valence-corrected chi connectivity index (χ1v) is 6.76. The standard InChI is InChI=1S/C11H16BrNO2S/c1-8(7-11(14)15)13(2)6-5-9-3-4-10(12)16-9/h3-4,8H,5-7H2,1-2H3,(H,14,15). The van der Waals surface area contributed by atoms with E-state index < -0.39 is 5.97 Å². The minimum absolute atomic E-state index is 0.0842. The lowest BCUT2D eigenvalue weighted by Crippen LogP contribution is -2.32. The van der Waals surface area contributed by atoms with Crippen molar-refractivity contribution < 1.29 is 9.90 Å². The van der Waals surface area contributed by atoms with Gasteiger partial charge in [0.15, 0.2) is 0 Å². The molecule has 0 aliphatic heterocycles. The molecular formula is C11H16BrNO2S. The van der Waals surface area contributed by atoms with E-state index in [0.717, 1.165) is 16.8 Å². The van der Waals surface area contributed by atoms with Crippen molar-refractivity contribution in [1.29, 1.82) is 0 Å². The van der Waals surface area contributed by atoms with Gasteiger partial charge < -0.3 is 10.0 Å². The topological polar surface area (TPSA) is 40.5 Å². The van der Waals surface area contributed by atoms with Crippen LogP contribution >= 0.6 is 27.3 Å². The van der Waals surface area contributed by atoms with E-state index in [9.17, 15) is 4.79 Å². The number of thiophene rings is 1. The molecule has 1 rings (SSSR count). The molecule has 0 radical (unpaired) electrons. The number of likely N-dealkylation sites (N-methyl/N-ethyl adjacent to an activating group) is 1. The maximum Gasteiger partial charge on any atom is 0.304 e. The fourth-order valence-electron chi connectivity index (χ4n) is 1.40. The van der Waals surface area contributed by atoms with Crippen LogP contribution in [0.25, 0.3) is 0 Å². The average Bonchev–Trinajstić information content (AvgIpc) is 2.59. The van der Waals surface area contributed by atoms with E-state index in [-0.39, 0.29) is 12.5 Å². The van der Waals surface area contributed by atoms with Crippen LogP contribution in [0.15, 0.2) is 15.9 Å². The van der Waals surface area contributed by atoms with Gasteiger partial charge in [-0.3, -0.25) is 4.79 Å². The second-order valence-electron chi connectivity index (χ2n) is 3.88. The zero-order valence-corrected chi connectivity index (χ0v) is 11.8. The lowest BCUT2D eigenvalue weighted by atomic mass is 10.2. The van der Waals surface area contributed by atoms with Gasteiger partial charge in [0.05, 0.1) is 10.2 Å². The number of nitrogens with zero attached hydrogens (tertiary/aromatic N) is 1. The number of hydrogen-bond acceptors (Lipinski definition) is 3. The Morgan fingerprint density at radius 2 is 2.31 bits per heavy atom. The van der Waals surface area contributed by atoms with Gasteiger partial charge in [-0.2, -0.15) is 0 Å². The summed E-state index contributed by atoms with van der Waals surface area (Å²) in [6, 6.07) is 4.23. The predicted molar refractivity (Wildman–Crippen MR) is 70.1 cm³/mol. The maximum absolute atomic E-state index is 10.6. The van der Waals surface area contributed by atoms with Gasteiger partial charge in [0.1, 0.15) is 0 Å². The molecule has 1 unspecified atom stereocenters.